The summed E-state index contributed by atoms with van der Waals surface area (Å²) in [4.78, 5) is 20.0. The molecule has 0 atom stereocenters. The van der Waals surface area contributed by atoms with Gasteiger partial charge in [0.2, 0.25) is 0 Å². The lowest BCUT2D eigenvalue weighted by Gasteiger charge is -2.28. The second-order valence-corrected chi connectivity index (χ2v) is 6.33. The number of esters is 1. The van der Waals surface area contributed by atoms with Crippen molar-refractivity contribution < 1.29 is 14.3 Å². The predicted molar refractivity (Wildman–Crippen MR) is 88.0 cm³/mol. The number of hydrogen-bond acceptors (Lipinski definition) is 7. The van der Waals surface area contributed by atoms with E-state index >= 15 is 0 Å². The van der Waals surface area contributed by atoms with Crippen molar-refractivity contribution in [1.29, 1.82) is 0 Å². The number of carbonyl (C=O) groups excluding carboxylic acids is 1. The largest absolute Gasteiger partial charge is 0.457 e. The van der Waals surface area contributed by atoms with E-state index in [1.807, 2.05) is 13.8 Å². The fourth-order valence-corrected chi connectivity index (χ4v) is 3.21. The molecule has 0 saturated carbocycles. The van der Waals surface area contributed by atoms with Crippen molar-refractivity contribution in [3.05, 3.63) is 40.0 Å². The molecule has 0 N–H and O–H groups in total. The molecule has 2 aromatic heterocycles. The highest BCUT2D eigenvalue weighted by molar-refractivity contribution is 7.05. The number of ether oxygens (including phenoxy) is 2. The fourth-order valence-electron chi connectivity index (χ4n) is 2.51. The van der Waals surface area contributed by atoms with Crippen LogP contribution in [0.2, 0.25) is 0 Å². The highest BCUT2D eigenvalue weighted by Gasteiger charge is 2.21. The van der Waals surface area contributed by atoms with Crippen molar-refractivity contribution in [3.63, 3.8) is 0 Å². The molecule has 1 aliphatic rings. The van der Waals surface area contributed by atoms with E-state index in [0.29, 0.717) is 24.6 Å². The van der Waals surface area contributed by atoms with Gasteiger partial charge in [-0.1, -0.05) is 0 Å². The van der Waals surface area contributed by atoms with Gasteiger partial charge >= 0.3 is 5.97 Å². The van der Waals surface area contributed by atoms with Gasteiger partial charge in [0, 0.05) is 29.7 Å². The maximum atomic E-state index is 12.5. The third-order valence-electron chi connectivity index (χ3n) is 3.85. The summed E-state index contributed by atoms with van der Waals surface area (Å²) < 4.78 is 15.1. The van der Waals surface area contributed by atoms with Gasteiger partial charge in [0.25, 0.3) is 0 Å². The first-order valence-corrected chi connectivity index (χ1v) is 8.30. The molecule has 0 spiro atoms. The Balaban J connectivity index is 1.74. The molecule has 7 heteroatoms. The Bertz CT molecular complexity index is 676. The van der Waals surface area contributed by atoms with Crippen LogP contribution in [0.1, 0.15) is 26.5 Å². The summed E-state index contributed by atoms with van der Waals surface area (Å²) in [6.45, 7) is 6.89. The summed E-state index contributed by atoms with van der Waals surface area (Å²) >= 11 is 1.43. The molecule has 0 aromatic carbocycles. The maximum Gasteiger partial charge on any atom is 0.342 e. The smallest absolute Gasteiger partial charge is 0.342 e. The van der Waals surface area contributed by atoms with Crippen LogP contribution < -0.4 is 4.90 Å². The van der Waals surface area contributed by atoms with Gasteiger partial charge in [-0.15, -0.1) is 0 Å². The third kappa shape index (κ3) is 3.51. The van der Waals surface area contributed by atoms with Crippen LogP contribution in [0, 0.1) is 13.8 Å². The quantitative estimate of drug-likeness (QED) is 0.800. The van der Waals surface area contributed by atoms with Crippen molar-refractivity contribution in [1.82, 2.24) is 9.36 Å². The Labute approximate surface area is 139 Å². The minimum Gasteiger partial charge on any atom is -0.457 e. The molecule has 3 heterocycles. The second kappa shape index (κ2) is 7.06. The van der Waals surface area contributed by atoms with E-state index in [0.717, 1.165) is 29.2 Å². The molecule has 1 aliphatic heterocycles. The molecule has 0 bridgehead atoms. The van der Waals surface area contributed by atoms with E-state index in [9.17, 15) is 4.79 Å². The molecule has 122 valence electrons. The van der Waals surface area contributed by atoms with E-state index in [2.05, 4.69) is 14.3 Å². The summed E-state index contributed by atoms with van der Waals surface area (Å²) in [5.74, 6) is 0.308. The molecule has 0 unspecified atom stereocenters. The van der Waals surface area contributed by atoms with Crippen LogP contribution in [0.15, 0.2) is 18.3 Å². The summed E-state index contributed by atoms with van der Waals surface area (Å²) in [6.07, 6.45) is 1.69. The van der Waals surface area contributed by atoms with E-state index in [1.54, 1.807) is 18.3 Å². The number of morpholine rings is 1. The van der Waals surface area contributed by atoms with Gasteiger partial charge in [0.1, 0.15) is 18.0 Å². The number of pyridine rings is 1. The van der Waals surface area contributed by atoms with Crippen molar-refractivity contribution in [2.24, 2.45) is 0 Å². The number of hydrogen-bond donors (Lipinski definition) is 0. The average molecular weight is 333 g/mol. The van der Waals surface area contributed by atoms with Crippen molar-refractivity contribution in [3.8, 4) is 0 Å². The number of anilines is 1. The molecular weight excluding hydrogens is 314 g/mol. The second-order valence-electron chi connectivity index (χ2n) is 5.35. The van der Waals surface area contributed by atoms with Crippen LogP contribution in [0.5, 0.6) is 0 Å². The fraction of sp³-hybridized carbons (Fsp3) is 0.438. The molecule has 2 aromatic rings. The number of aromatic nitrogens is 2. The van der Waals surface area contributed by atoms with Crippen molar-refractivity contribution in [2.75, 3.05) is 31.2 Å². The monoisotopic (exact) mass is 333 g/mol. The third-order valence-corrected chi connectivity index (χ3v) is 4.73. The van der Waals surface area contributed by atoms with E-state index < -0.39 is 0 Å². The average Bonchev–Trinajstić information content (AvgIpc) is 2.92. The molecule has 1 fully saturated rings. The van der Waals surface area contributed by atoms with Crippen LogP contribution in [-0.2, 0) is 16.1 Å². The molecule has 1 saturated heterocycles. The van der Waals surface area contributed by atoms with Gasteiger partial charge in [0.05, 0.1) is 18.9 Å². The topological polar surface area (TPSA) is 64.5 Å². The number of aryl methyl sites for hydroxylation is 2. The molecule has 0 radical (unpaired) electrons. The number of carbonyl (C=O) groups is 1. The maximum absolute atomic E-state index is 12.5. The van der Waals surface area contributed by atoms with Crippen molar-refractivity contribution in [2.45, 2.75) is 20.5 Å². The first-order chi connectivity index (χ1) is 11.2. The summed E-state index contributed by atoms with van der Waals surface area (Å²) in [5, 5.41) is 0. The van der Waals surface area contributed by atoms with Crippen LogP contribution >= 0.6 is 11.5 Å². The molecule has 0 amide bonds. The lowest BCUT2D eigenvalue weighted by molar-refractivity contribution is 0.0471. The zero-order valence-corrected chi connectivity index (χ0v) is 14.1. The number of rotatable bonds is 4. The summed E-state index contributed by atoms with van der Waals surface area (Å²) in [7, 11) is 0. The highest BCUT2D eigenvalue weighted by atomic mass is 32.1. The molecule has 0 aliphatic carbocycles. The van der Waals surface area contributed by atoms with E-state index in [4.69, 9.17) is 9.47 Å². The zero-order chi connectivity index (χ0) is 16.2. The zero-order valence-electron chi connectivity index (χ0n) is 13.2. The SMILES string of the molecule is Cc1nsc(C)c1COC(=O)c1cccnc1N1CCOCC1. The van der Waals surface area contributed by atoms with Crippen LogP contribution in [0.25, 0.3) is 0 Å². The van der Waals surface area contributed by atoms with Crippen molar-refractivity contribution >= 4 is 23.3 Å². The van der Waals surface area contributed by atoms with Gasteiger partial charge in [-0.2, -0.15) is 4.37 Å². The van der Waals surface area contributed by atoms with Gasteiger partial charge in [-0.25, -0.2) is 9.78 Å². The first kappa shape index (κ1) is 15.9. The number of nitrogens with zero attached hydrogens (tertiary/aromatic N) is 3. The Morgan fingerprint density at radius 2 is 2.17 bits per heavy atom. The van der Waals surface area contributed by atoms with E-state index in [1.165, 1.54) is 11.5 Å². The predicted octanol–water partition coefficient (Wildman–Crippen LogP) is 2.35. The van der Waals surface area contributed by atoms with Gasteiger partial charge in [-0.3, -0.25) is 0 Å². The minimum absolute atomic E-state index is 0.241. The lowest BCUT2D eigenvalue weighted by atomic mass is 10.2. The summed E-state index contributed by atoms with van der Waals surface area (Å²) in [6, 6.07) is 3.51. The standard InChI is InChI=1S/C16H19N3O3S/c1-11-14(12(2)23-18-11)10-22-16(20)13-4-3-5-17-15(13)19-6-8-21-9-7-19/h3-5H,6-10H2,1-2H3. The molecule has 3 rings (SSSR count). The molecule has 23 heavy (non-hydrogen) atoms. The lowest BCUT2D eigenvalue weighted by Crippen LogP contribution is -2.37. The summed E-state index contributed by atoms with van der Waals surface area (Å²) in [5.41, 5.74) is 2.40. The Morgan fingerprint density at radius 3 is 2.87 bits per heavy atom. The Hall–Kier alpha value is -1.99. The molecular formula is C16H19N3O3S. The first-order valence-electron chi connectivity index (χ1n) is 7.53. The normalized spacial score (nSPS) is 14.8. The molecule has 6 nitrogen and oxygen atoms in total. The van der Waals surface area contributed by atoms with E-state index in [-0.39, 0.29) is 12.6 Å². The van der Waals surface area contributed by atoms with Gasteiger partial charge in [0.15, 0.2) is 0 Å². The van der Waals surface area contributed by atoms with Crippen LogP contribution in [0.3, 0.4) is 0 Å². The Kier molecular flexibility index (Phi) is 4.88. The Morgan fingerprint density at radius 1 is 1.39 bits per heavy atom. The highest BCUT2D eigenvalue weighted by Crippen LogP contribution is 2.22. The van der Waals surface area contributed by atoms with Crippen LogP contribution in [0.4, 0.5) is 5.82 Å². The van der Waals surface area contributed by atoms with Gasteiger partial charge in [-0.05, 0) is 37.5 Å². The van der Waals surface area contributed by atoms with Crippen LogP contribution in [-0.4, -0.2) is 41.6 Å². The minimum atomic E-state index is -0.357. The van der Waals surface area contributed by atoms with Gasteiger partial charge < -0.3 is 14.4 Å².